The summed E-state index contributed by atoms with van der Waals surface area (Å²) >= 11 is 6.08. The lowest BCUT2D eigenvalue weighted by Crippen LogP contribution is -2.12. The molecule has 21 heavy (non-hydrogen) atoms. The fourth-order valence-corrected chi connectivity index (χ4v) is 2.46. The molecule has 1 N–H and O–H groups in total. The predicted octanol–water partition coefficient (Wildman–Crippen LogP) is 3.75. The van der Waals surface area contributed by atoms with Gasteiger partial charge in [-0.3, -0.25) is 0 Å². The van der Waals surface area contributed by atoms with E-state index in [-0.39, 0.29) is 0 Å². The molecule has 0 spiro atoms. The average molecular weight is 305 g/mol. The number of ether oxygens (including phenoxy) is 2. The van der Waals surface area contributed by atoms with E-state index in [1.165, 1.54) is 0 Å². The maximum Gasteiger partial charge on any atom is 0.231 e. The number of anilines is 2. The summed E-state index contributed by atoms with van der Waals surface area (Å²) in [5.41, 5.74) is 3.23. The minimum atomic E-state index is 0.297. The van der Waals surface area contributed by atoms with E-state index in [1.807, 2.05) is 50.5 Å². The molecule has 0 saturated heterocycles. The van der Waals surface area contributed by atoms with Crippen molar-refractivity contribution in [3.05, 3.63) is 47.0 Å². The molecule has 0 saturated carbocycles. The summed E-state index contributed by atoms with van der Waals surface area (Å²) in [6.45, 7) is 0.989. The van der Waals surface area contributed by atoms with Gasteiger partial charge >= 0.3 is 0 Å². The highest BCUT2D eigenvalue weighted by Crippen LogP contribution is 2.33. The van der Waals surface area contributed by atoms with Crippen molar-refractivity contribution in [2.75, 3.05) is 31.1 Å². The number of rotatable bonds is 4. The van der Waals surface area contributed by atoms with Gasteiger partial charge in [-0.05, 0) is 35.9 Å². The largest absolute Gasteiger partial charge is 0.454 e. The summed E-state index contributed by atoms with van der Waals surface area (Å²) in [6.07, 6.45) is 0. The summed E-state index contributed by atoms with van der Waals surface area (Å²) in [5, 5.41) is 4.14. The Labute approximate surface area is 129 Å². The number of nitrogens with zero attached hydrogens (tertiary/aromatic N) is 1. The Kier molecular flexibility index (Phi) is 3.80. The smallest absolute Gasteiger partial charge is 0.231 e. The summed E-state index contributed by atoms with van der Waals surface area (Å²) in [6, 6.07) is 11.8. The highest BCUT2D eigenvalue weighted by atomic mass is 35.5. The summed E-state index contributed by atoms with van der Waals surface area (Å²) < 4.78 is 10.7. The Hall–Kier alpha value is -2.07. The highest BCUT2D eigenvalue weighted by molar-refractivity contribution is 6.31. The first-order valence-corrected chi connectivity index (χ1v) is 7.10. The molecule has 0 fully saturated rings. The van der Waals surface area contributed by atoms with Gasteiger partial charge < -0.3 is 19.7 Å². The molecule has 1 aliphatic heterocycles. The molecule has 0 unspecified atom stereocenters. The van der Waals surface area contributed by atoms with Crippen LogP contribution in [-0.4, -0.2) is 20.9 Å². The first kappa shape index (κ1) is 13.9. The SMILES string of the molecule is CN(C)c1ccc(Cl)cc1NCc1ccc2c(c1)OCO2. The Morgan fingerprint density at radius 1 is 1.10 bits per heavy atom. The van der Waals surface area contributed by atoms with Crippen LogP contribution in [0.25, 0.3) is 0 Å². The third kappa shape index (κ3) is 3.00. The van der Waals surface area contributed by atoms with Gasteiger partial charge in [0.25, 0.3) is 0 Å². The number of halogens is 1. The van der Waals surface area contributed by atoms with Crippen LogP contribution in [0.3, 0.4) is 0 Å². The topological polar surface area (TPSA) is 33.7 Å². The number of fused-ring (bicyclic) bond motifs is 1. The van der Waals surface area contributed by atoms with E-state index >= 15 is 0 Å². The molecular formula is C16H17ClN2O2. The lowest BCUT2D eigenvalue weighted by atomic mass is 10.2. The van der Waals surface area contributed by atoms with Gasteiger partial charge in [-0.25, -0.2) is 0 Å². The van der Waals surface area contributed by atoms with Gasteiger partial charge in [-0.1, -0.05) is 17.7 Å². The number of nitrogens with one attached hydrogen (secondary N) is 1. The Bertz CT molecular complexity index is 659. The van der Waals surface area contributed by atoms with Gasteiger partial charge in [0, 0.05) is 25.7 Å². The van der Waals surface area contributed by atoms with Crippen LogP contribution in [0.15, 0.2) is 36.4 Å². The van der Waals surface area contributed by atoms with Gasteiger partial charge in [0.15, 0.2) is 11.5 Å². The van der Waals surface area contributed by atoms with Gasteiger partial charge in [-0.15, -0.1) is 0 Å². The maximum atomic E-state index is 6.08. The molecule has 2 aromatic carbocycles. The second-order valence-corrected chi connectivity index (χ2v) is 5.53. The molecule has 3 rings (SSSR count). The lowest BCUT2D eigenvalue weighted by molar-refractivity contribution is 0.174. The Morgan fingerprint density at radius 3 is 2.71 bits per heavy atom. The van der Waals surface area contributed by atoms with Crippen molar-refractivity contribution in [3.8, 4) is 11.5 Å². The van der Waals surface area contributed by atoms with Crippen molar-refractivity contribution in [2.24, 2.45) is 0 Å². The molecule has 1 aliphatic rings. The van der Waals surface area contributed by atoms with Crippen molar-refractivity contribution in [1.82, 2.24) is 0 Å². The molecule has 0 amide bonds. The third-order valence-corrected chi connectivity index (χ3v) is 3.60. The minimum absolute atomic E-state index is 0.297. The molecule has 5 heteroatoms. The van der Waals surface area contributed by atoms with Crippen molar-refractivity contribution >= 4 is 23.0 Å². The second-order valence-electron chi connectivity index (χ2n) is 5.10. The normalized spacial score (nSPS) is 12.3. The Morgan fingerprint density at radius 2 is 1.90 bits per heavy atom. The Balaban J connectivity index is 1.77. The lowest BCUT2D eigenvalue weighted by Gasteiger charge is -2.19. The first-order chi connectivity index (χ1) is 10.1. The monoisotopic (exact) mass is 304 g/mol. The summed E-state index contributed by atoms with van der Waals surface area (Å²) in [5.74, 6) is 1.60. The van der Waals surface area contributed by atoms with Gasteiger partial charge in [0.05, 0.1) is 11.4 Å². The molecule has 0 atom stereocenters. The van der Waals surface area contributed by atoms with E-state index in [4.69, 9.17) is 21.1 Å². The third-order valence-electron chi connectivity index (χ3n) is 3.36. The van der Waals surface area contributed by atoms with Crippen molar-refractivity contribution in [1.29, 1.82) is 0 Å². The van der Waals surface area contributed by atoms with Crippen LogP contribution in [0.4, 0.5) is 11.4 Å². The number of hydrogen-bond donors (Lipinski definition) is 1. The van der Waals surface area contributed by atoms with Crippen LogP contribution in [0.1, 0.15) is 5.56 Å². The minimum Gasteiger partial charge on any atom is -0.454 e. The van der Waals surface area contributed by atoms with Crippen LogP contribution in [0.5, 0.6) is 11.5 Å². The van der Waals surface area contributed by atoms with Crippen molar-refractivity contribution in [2.45, 2.75) is 6.54 Å². The highest BCUT2D eigenvalue weighted by Gasteiger charge is 2.13. The molecule has 0 aromatic heterocycles. The zero-order valence-electron chi connectivity index (χ0n) is 12.0. The molecule has 0 radical (unpaired) electrons. The second kappa shape index (κ2) is 5.74. The molecule has 1 heterocycles. The van der Waals surface area contributed by atoms with Crippen molar-refractivity contribution < 1.29 is 9.47 Å². The predicted molar refractivity (Wildman–Crippen MR) is 85.7 cm³/mol. The summed E-state index contributed by atoms with van der Waals surface area (Å²) in [7, 11) is 4.02. The van der Waals surface area contributed by atoms with E-state index in [9.17, 15) is 0 Å². The number of benzene rings is 2. The zero-order valence-corrected chi connectivity index (χ0v) is 12.8. The molecule has 4 nitrogen and oxygen atoms in total. The fourth-order valence-electron chi connectivity index (χ4n) is 2.29. The average Bonchev–Trinajstić information content (AvgIpc) is 2.92. The molecule has 2 aromatic rings. The standard InChI is InChI=1S/C16H17ClN2O2/c1-19(2)14-5-4-12(17)8-13(14)18-9-11-3-6-15-16(7-11)21-10-20-15/h3-8,18H,9-10H2,1-2H3. The van der Waals surface area contributed by atoms with Gasteiger partial charge in [-0.2, -0.15) is 0 Å². The van der Waals surface area contributed by atoms with E-state index < -0.39 is 0 Å². The van der Waals surface area contributed by atoms with Gasteiger partial charge in [0.1, 0.15) is 0 Å². The quantitative estimate of drug-likeness (QED) is 0.933. The van der Waals surface area contributed by atoms with Crippen LogP contribution in [0, 0.1) is 0 Å². The molecule has 0 aliphatic carbocycles. The van der Waals surface area contributed by atoms with Crippen LogP contribution >= 0.6 is 11.6 Å². The van der Waals surface area contributed by atoms with Gasteiger partial charge in [0.2, 0.25) is 6.79 Å². The van der Waals surface area contributed by atoms with E-state index in [1.54, 1.807) is 0 Å². The fraction of sp³-hybridized carbons (Fsp3) is 0.250. The van der Waals surface area contributed by atoms with Crippen molar-refractivity contribution in [3.63, 3.8) is 0 Å². The molecule has 110 valence electrons. The van der Waals surface area contributed by atoms with Crippen LogP contribution in [0.2, 0.25) is 5.02 Å². The first-order valence-electron chi connectivity index (χ1n) is 6.73. The van der Waals surface area contributed by atoms with E-state index in [2.05, 4.69) is 10.2 Å². The molecular weight excluding hydrogens is 288 g/mol. The number of hydrogen-bond acceptors (Lipinski definition) is 4. The van der Waals surface area contributed by atoms with E-state index in [0.717, 1.165) is 28.4 Å². The summed E-state index contributed by atoms with van der Waals surface area (Å²) in [4.78, 5) is 2.05. The van der Waals surface area contributed by atoms with Crippen LogP contribution < -0.4 is 19.7 Å². The zero-order chi connectivity index (χ0) is 14.8. The molecule has 0 bridgehead atoms. The van der Waals surface area contributed by atoms with Crippen LogP contribution in [-0.2, 0) is 6.54 Å². The van der Waals surface area contributed by atoms with E-state index in [0.29, 0.717) is 18.4 Å². The maximum absolute atomic E-state index is 6.08.